The van der Waals surface area contributed by atoms with Crippen LogP contribution in [0.5, 0.6) is 5.75 Å². The number of benzene rings is 2. The van der Waals surface area contributed by atoms with E-state index in [9.17, 15) is 9.59 Å². The number of hydrogen-bond donors (Lipinski definition) is 2. The standard InChI is InChI=1S/C28H28Cl2N2O4S/c1-28(2,3)17-9-10-19-22(13-17)37-27(24(19)26(35)32-18-7-5-4-6-8-18)31-14-16-11-20(29)25(21(30)12-16)36-15-23(33)34/h4-8,11-12,14,17H,9-10,13,15H2,1-3H3,(H,32,35)(H,33,34)/t17-/m0/s1. The summed E-state index contributed by atoms with van der Waals surface area (Å²) in [6.45, 7) is 6.23. The molecule has 0 unspecified atom stereocenters. The van der Waals surface area contributed by atoms with E-state index in [0.29, 0.717) is 22.0 Å². The second-order valence-corrected chi connectivity index (χ2v) is 12.0. The van der Waals surface area contributed by atoms with Crippen molar-refractivity contribution in [3.8, 4) is 5.75 Å². The highest BCUT2D eigenvalue weighted by Gasteiger charge is 2.33. The van der Waals surface area contributed by atoms with E-state index >= 15 is 0 Å². The molecule has 1 heterocycles. The predicted molar refractivity (Wildman–Crippen MR) is 151 cm³/mol. The number of anilines is 1. The van der Waals surface area contributed by atoms with Crippen LogP contribution in [-0.4, -0.2) is 29.8 Å². The Labute approximate surface area is 230 Å². The molecule has 0 bridgehead atoms. The summed E-state index contributed by atoms with van der Waals surface area (Å²) < 4.78 is 5.19. The third-order valence-corrected chi connectivity index (χ3v) is 8.15. The second-order valence-electron chi connectivity index (χ2n) is 10.1. The van der Waals surface area contributed by atoms with Gasteiger partial charge < -0.3 is 15.2 Å². The minimum atomic E-state index is -1.13. The Bertz CT molecular complexity index is 1320. The fourth-order valence-electron chi connectivity index (χ4n) is 4.41. The molecule has 4 rings (SSSR count). The monoisotopic (exact) mass is 558 g/mol. The van der Waals surface area contributed by atoms with Crippen LogP contribution in [0, 0.1) is 11.3 Å². The molecule has 2 aromatic carbocycles. The third kappa shape index (κ3) is 6.53. The number of amides is 1. The van der Waals surface area contributed by atoms with E-state index in [1.165, 1.54) is 4.88 Å². The summed E-state index contributed by atoms with van der Waals surface area (Å²) in [5.74, 6) is -0.685. The molecule has 1 amide bonds. The Morgan fingerprint density at radius 1 is 1.19 bits per heavy atom. The first-order valence-corrected chi connectivity index (χ1v) is 13.5. The van der Waals surface area contributed by atoms with E-state index in [1.54, 1.807) is 29.7 Å². The number of fused-ring (bicyclic) bond motifs is 1. The van der Waals surface area contributed by atoms with Gasteiger partial charge >= 0.3 is 5.97 Å². The lowest BCUT2D eigenvalue weighted by Crippen LogP contribution is -2.27. The Hall–Kier alpha value is -2.87. The number of aliphatic carboxylic acids is 1. The molecule has 0 spiro atoms. The van der Waals surface area contributed by atoms with Gasteiger partial charge in [-0.05, 0) is 66.0 Å². The normalized spacial score (nSPS) is 15.4. The minimum Gasteiger partial charge on any atom is -0.479 e. The van der Waals surface area contributed by atoms with Gasteiger partial charge in [0.05, 0.1) is 15.6 Å². The summed E-state index contributed by atoms with van der Waals surface area (Å²) in [5.41, 5.74) is 3.17. The molecule has 0 saturated heterocycles. The molecule has 9 heteroatoms. The maximum absolute atomic E-state index is 13.5. The van der Waals surface area contributed by atoms with Gasteiger partial charge in [0.1, 0.15) is 5.00 Å². The summed E-state index contributed by atoms with van der Waals surface area (Å²) >= 11 is 14.1. The molecule has 1 aliphatic rings. The number of carbonyl (C=O) groups excluding carboxylic acids is 1. The fraction of sp³-hybridized carbons (Fsp3) is 0.321. The quantitative estimate of drug-likeness (QED) is 0.291. The summed E-state index contributed by atoms with van der Waals surface area (Å²) in [4.78, 5) is 30.2. The van der Waals surface area contributed by atoms with Gasteiger partial charge in [0, 0.05) is 16.8 Å². The van der Waals surface area contributed by atoms with E-state index in [2.05, 4.69) is 26.1 Å². The van der Waals surface area contributed by atoms with Gasteiger partial charge in [-0.1, -0.05) is 62.2 Å². The Balaban J connectivity index is 1.67. The van der Waals surface area contributed by atoms with Crippen molar-refractivity contribution in [2.45, 2.75) is 40.0 Å². The number of aliphatic imine (C=N–C) groups is 1. The van der Waals surface area contributed by atoms with E-state index in [-0.39, 0.29) is 27.1 Å². The van der Waals surface area contributed by atoms with Gasteiger partial charge in [-0.25, -0.2) is 9.79 Å². The molecule has 194 valence electrons. The van der Waals surface area contributed by atoms with Crippen LogP contribution < -0.4 is 10.1 Å². The van der Waals surface area contributed by atoms with Crippen molar-refractivity contribution in [3.63, 3.8) is 0 Å². The second kappa shape index (κ2) is 11.3. The van der Waals surface area contributed by atoms with Crippen molar-refractivity contribution in [2.75, 3.05) is 11.9 Å². The highest BCUT2D eigenvalue weighted by Crippen LogP contribution is 2.45. The molecule has 0 radical (unpaired) electrons. The fourth-order valence-corrected chi connectivity index (χ4v) is 6.29. The van der Waals surface area contributed by atoms with Gasteiger partial charge in [0.2, 0.25) is 0 Å². The largest absolute Gasteiger partial charge is 0.479 e. The Morgan fingerprint density at radius 2 is 1.86 bits per heavy atom. The minimum absolute atomic E-state index is 0.102. The predicted octanol–water partition coefficient (Wildman–Crippen LogP) is 7.67. The average molecular weight is 560 g/mol. The molecule has 3 aromatic rings. The highest BCUT2D eigenvalue weighted by molar-refractivity contribution is 7.16. The molecule has 0 fully saturated rings. The number of ether oxygens (including phenoxy) is 1. The zero-order valence-corrected chi connectivity index (χ0v) is 23.1. The van der Waals surface area contributed by atoms with Gasteiger partial charge in [-0.15, -0.1) is 11.3 Å². The number of carboxylic acids is 1. The number of nitrogens with zero attached hydrogens (tertiary/aromatic N) is 1. The van der Waals surface area contributed by atoms with Gasteiger partial charge in [0.25, 0.3) is 5.91 Å². The van der Waals surface area contributed by atoms with Crippen LogP contribution in [0.1, 0.15) is 53.6 Å². The highest BCUT2D eigenvalue weighted by atomic mass is 35.5. The molecular weight excluding hydrogens is 531 g/mol. The summed E-state index contributed by atoms with van der Waals surface area (Å²) in [7, 11) is 0. The first-order valence-electron chi connectivity index (χ1n) is 11.9. The first-order chi connectivity index (χ1) is 17.5. The number of hydrogen-bond acceptors (Lipinski definition) is 5. The first kappa shape index (κ1) is 27.2. The topological polar surface area (TPSA) is 88.0 Å². The van der Waals surface area contributed by atoms with Crippen LogP contribution in [0.3, 0.4) is 0 Å². The summed E-state index contributed by atoms with van der Waals surface area (Å²) in [6.07, 6.45) is 4.37. The Morgan fingerprint density at radius 3 is 2.49 bits per heavy atom. The summed E-state index contributed by atoms with van der Waals surface area (Å²) in [5, 5.41) is 12.8. The van der Waals surface area contributed by atoms with Crippen molar-refractivity contribution in [3.05, 3.63) is 74.1 Å². The average Bonchev–Trinajstić information content (AvgIpc) is 3.20. The molecule has 0 aliphatic heterocycles. The molecule has 37 heavy (non-hydrogen) atoms. The molecule has 6 nitrogen and oxygen atoms in total. The summed E-state index contributed by atoms with van der Waals surface area (Å²) in [6, 6.07) is 12.6. The maximum Gasteiger partial charge on any atom is 0.341 e. The lowest BCUT2D eigenvalue weighted by molar-refractivity contribution is -0.139. The smallest absolute Gasteiger partial charge is 0.341 e. The zero-order valence-electron chi connectivity index (χ0n) is 20.8. The number of thiophene rings is 1. The number of carboxylic acid groups (broad SMARTS) is 1. The lowest BCUT2D eigenvalue weighted by Gasteiger charge is -2.33. The molecule has 2 N–H and O–H groups in total. The van der Waals surface area contributed by atoms with Crippen LogP contribution >= 0.6 is 34.5 Å². The van der Waals surface area contributed by atoms with E-state index in [1.807, 2.05) is 30.3 Å². The van der Waals surface area contributed by atoms with Crippen LogP contribution in [0.15, 0.2) is 47.5 Å². The molecular formula is C28H28Cl2N2O4S. The molecule has 1 aliphatic carbocycles. The van der Waals surface area contributed by atoms with Gasteiger partial charge in [0.15, 0.2) is 12.4 Å². The van der Waals surface area contributed by atoms with E-state index < -0.39 is 12.6 Å². The van der Waals surface area contributed by atoms with Crippen LogP contribution in [0.25, 0.3) is 0 Å². The van der Waals surface area contributed by atoms with Crippen LogP contribution in [0.4, 0.5) is 10.7 Å². The number of halogens is 2. The van der Waals surface area contributed by atoms with Crippen molar-refractivity contribution >= 4 is 63.3 Å². The SMILES string of the molecule is CC(C)(C)[C@H]1CCc2c(sc(N=Cc3cc(Cl)c(OCC(=O)O)c(Cl)c3)c2C(=O)Nc2ccccc2)C1. The maximum atomic E-state index is 13.5. The molecule has 1 atom stereocenters. The van der Waals surface area contributed by atoms with Gasteiger partial charge in [-0.3, -0.25) is 4.79 Å². The van der Waals surface area contributed by atoms with Crippen molar-refractivity contribution < 1.29 is 19.4 Å². The van der Waals surface area contributed by atoms with Crippen LogP contribution in [0.2, 0.25) is 10.0 Å². The van der Waals surface area contributed by atoms with E-state index in [0.717, 1.165) is 30.5 Å². The van der Waals surface area contributed by atoms with Gasteiger partial charge in [-0.2, -0.15) is 0 Å². The van der Waals surface area contributed by atoms with Crippen molar-refractivity contribution in [1.29, 1.82) is 0 Å². The number of para-hydroxylation sites is 1. The Kier molecular flexibility index (Phi) is 8.26. The van der Waals surface area contributed by atoms with E-state index in [4.69, 9.17) is 38.0 Å². The zero-order chi connectivity index (χ0) is 26.7. The number of carbonyl (C=O) groups is 2. The number of nitrogens with one attached hydrogen (secondary N) is 1. The number of rotatable bonds is 7. The molecule has 0 saturated carbocycles. The van der Waals surface area contributed by atoms with Crippen molar-refractivity contribution in [2.24, 2.45) is 16.3 Å². The lowest BCUT2D eigenvalue weighted by atomic mass is 9.72. The van der Waals surface area contributed by atoms with Crippen LogP contribution in [-0.2, 0) is 17.6 Å². The van der Waals surface area contributed by atoms with Crippen molar-refractivity contribution in [1.82, 2.24) is 0 Å². The molecule has 1 aromatic heterocycles. The third-order valence-electron chi connectivity index (χ3n) is 6.42.